The molecular formula is C14H17F3N2O2. The van der Waals surface area contributed by atoms with Gasteiger partial charge in [-0.3, -0.25) is 4.79 Å². The van der Waals surface area contributed by atoms with E-state index in [0.717, 1.165) is 25.7 Å². The number of amides is 1. The number of phenolic OH excluding ortho intramolecular Hbond substituents is 1. The van der Waals surface area contributed by atoms with Crippen LogP contribution in [0.4, 0.5) is 13.2 Å². The molecule has 4 nitrogen and oxygen atoms in total. The van der Waals surface area contributed by atoms with E-state index < -0.39 is 34.7 Å². The van der Waals surface area contributed by atoms with E-state index in [2.05, 4.69) is 5.32 Å². The third-order valence-corrected chi connectivity index (χ3v) is 3.82. The molecule has 0 saturated heterocycles. The standard InChI is InChI=1S/C14H17F3N2O2/c15-10-5-9(11(16)13(20)12(10)17)14(21)19-6-7-1-3-8(18)4-2-7/h5,7-8,20H,1-4,6,18H2,(H,19,21). The summed E-state index contributed by atoms with van der Waals surface area (Å²) in [5, 5.41) is 11.6. The van der Waals surface area contributed by atoms with Crippen LogP contribution in [0.25, 0.3) is 0 Å². The number of benzene rings is 1. The molecule has 7 heteroatoms. The topological polar surface area (TPSA) is 75.3 Å². The summed E-state index contributed by atoms with van der Waals surface area (Å²) in [4.78, 5) is 11.8. The maximum atomic E-state index is 13.6. The highest BCUT2D eigenvalue weighted by Gasteiger charge is 2.24. The number of halogens is 3. The molecule has 0 aromatic heterocycles. The Morgan fingerprint density at radius 1 is 1.24 bits per heavy atom. The SMILES string of the molecule is NC1CCC(CNC(=O)c2cc(F)c(F)c(O)c2F)CC1. The van der Waals surface area contributed by atoms with Crippen LogP contribution in [-0.4, -0.2) is 23.6 Å². The lowest BCUT2D eigenvalue weighted by Crippen LogP contribution is -2.34. The number of carbonyl (C=O) groups is 1. The Morgan fingerprint density at radius 2 is 1.86 bits per heavy atom. The van der Waals surface area contributed by atoms with Gasteiger partial charge < -0.3 is 16.2 Å². The minimum Gasteiger partial charge on any atom is -0.503 e. The van der Waals surface area contributed by atoms with E-state index in [1.807, 2.05) is 0 Å². The van der Waals surface area contributed by atoms with Crippen molar-refractivity contribution in [3.8, 4) is 5.75 Å². The van der Waals surface area contributed by atoms with Gasteiger partial charge in [0.15, 0.2) is 17.4 Å². The number of aromatic hydroxyl groups is 1. The zero-order valence-electron chi connectivity index (χ0n) is 11.3. The first kappa shape index (κ1) is 15.6. The Labute approximate surface area is 120 Å². The molecule has 1 saturated carbocycles. The average Bonchev–Trinajstić information content (AvgIpc) is 2.48. The first-order chi connectivity index (χ1) is 9.90. The summed E-state index contributed by atoms with van der Waals surface area (Å²) < 4.78 is 39.6. The van der Waals surface area contributed by atoms with Gasteiger partial charge in [-0.05, 0) is 37.7 Å². The monoisotopic (exact) mass is 302 g/mol. The smallest absolute Gasteiger partial charge is 0.254 e. The van der Waals surface area contributed by atoms with E-state index in [9.17, 15) is 18.0 Å². The Balaban J connectivity index is 2.01. The number of rotatable bonds is 3. The highest BCUT2D eigenvalue weighted by molar-refractivity contribution is 5.94. The number of hydrogen-bond acceptors (Lipinski definition) is 3. The lowest BCUT2D eigenvalue weighted by Gasteiger charge is -2.26. The summed E-state index contributed by atoms with van der Waals surface area (Å²) in [7, 11) is 0. The van der Waals surface area contributed by atoms with Gasteiger partial charge in [-0.25, -0.2) is 8.78 Å². The van der Waals surface area contributed by atoms with Crippen molar-refractivity contribution in [3.63, 3.8) is 0 Å². The van der Waals surface area contributed by atoms with Gasteiger partial charge in [-0.15, -0.1) is 0 Å². The van der Waals surface area contributed by atoms with Crippen molar-refractivity contribution in [3.05, 3.63) is 29.1 Å². The van der Waals surface area contributed by atoms with E-state index in [1.54, 1.807) is 0 Å². The largest absolute Gasteiger partial charge is 0.503 e. The number of hydrogen-bond donors (Lipinski definition) is 3. The van der Waals surface area contributed by atoms with Gasteiger partial charge in [0.05, 0.1) is 5.56 Å². The Morgan fingerprint density at radius 3 is 2.48 bits per heavy atom. The number of phenols is 1. The molecule has 1 fully saturated rings. The fourth-order valence-electron chi connectivity index (χ4n) is 2.48. The van der Waals surface area contributed by atoms with Crippen LogP contribution in [0.2, 0.25) is 0 Å². The highest BCUT2D eigenvalue weighted by Crippen LogP contribution is 2.26. The fraction of sp³-hybridized carbons (Fsp3) is 0.500. The molecule has 0 spiro atoms. The number of carbonyl (C=O) groups excluding carboxylic acids is 1. The van der Waals surface area contributed by atoms with Crippen LogP contribution in [0.15, 0.2) is 6.07 Å². The minimum atomic E-state index is -1.70. The second kappa shape index (κ2) is 6.34. The van der Waals surface area contributed by atoms with Gasteiger partial charge in [-0.2, -0.15) is 4.39 Å². The number of nitrogens with two attached hydrogens (primary N) is 1. The van der Waals surface area contributed by atoms with Crippen molar-refractivity contribution in [2.24, 2.45) is 11.7 Å². The molecular weight excluding hydrogens is 285 g/mol. The van der Waals surface area contributed by atoms with Crippen molar-refractivity contribution in [2.45, 2.75) is 31.7 Å². The quantitative estimate of drug-likeness (QED) is 0.748. The zero-order valence-corrected chi connectivity index (χ0v) is 11.3. The zero-order chi connectivity index (χ0) is 15.6. The molecule has 1 aromatic carbocycles. The molecule has 2 rings (SSSR count). The van der Waals surface area contributed by atoms with Crippen molar-refractivity contribution >= 4 is 5.91 Å². The summed E-state index contributed by atoms with van der Waals surface area (Å²) in [5.41, 5.74) is 5.06. The van der Waals surface area contributed by atoms with Gasteiger partial charge in [-0.1, -0.05) is 0 Å². The summed E-state index contributed by atoms with van der Waals surface area (Å²) in [6.07, 6.45) is 3.43. The fourth-order valence-corrected chi connectivity index (χ4v) is 2.48. The van der Waals surface area contributed by atoms with Gasteiger partial charge in [0, 0.05) is 12.6 Å². The lowest BCUT2D eigenvalue weighted by atomic mass is 9.86. The predicted molar refractivity (Wildman–Crippen MR) is 70.2 cm³/mol. The van der Waals surface area contributed by atoms with Crippen molar-refractivity contribution in [1.29, 1.82) is 0 Å². The van der Waals surface area contributed by atoms with Crippen LogP contribution >= 0.6 is 0 Å². The summed E-state index contributed by atoms with van der Waals surface area (Å²) in [5.74, 6) is -6.76. The summed E-state index contributed by atoms with van der Waals surface area (Å²) in [6, 6.07) is 0.619. The van der Waals surface area contributed by atoms with E-state index >= 15 is 0 Å². The van der Waals surface area contributed by atoms with Gasteiger partial charge in [0.2, 0.25) is 5.82 Å². The predicted octanol–water partition coefficient (Wildman–Crippen LogP) is 2.06. The van der Waals surface area contributed by atoms with Crippen molar-refractivity contribution < 1.29 is 23.1 Å². The maximum Gasteiger partial charge on any atom is 0.254 e. The van der Waals surface area contributed by atoms with Crippen LogP contribution < -0.4 is 11.1 Å². The highest BCUT2D eigenvalue weighted by atomic mass is 19.2. The van der Waals surface area contributed by atoms with Crippen LogP contribution in [0.3, 0.4) is 0 Å². The molecule has 0 radical (unpaired) electrons. The molecule has 0 bridgehead atoms. The van der Waals surface area contributed by atoms with Crippen LogP contribution in [-0.2, 0) is 0 Å². The third-order valence-electron chi connectivity index (χ3n) is 3.82. The van der Waals surface area contributed by atoms with Gasteiger partial charge in [0.25, 0.3) is 5.91 Å². The minimum absolute atomic E-state index is 0.178. The third kappa shape index (κ3) is 3.47. The van der Waals surface area contributed by atoms with Crippen LogP contribution in [0, 0.1) is 23.4 Å². The lowest BCUT2D eigenvalue weighted by molar-refractivity contribution is 0.0937. The van der Waals surface area contributed by atoms with Gasteiger partial charge in [0.1, 0.15) is 0 Å². The van der Waals surface area contributed by atoms with E-state index in [0.29, 0.717) is 12.6 Å². The normalized spacial score (nSPS) is 22.1. The molecule has 0 aliphatic heterocycles. The second-order valence-electron chi connectivity index (χ2n) is 5.37. The molecule has 1 aromatic rings. The summed E-state index contributed by atoms with van der Waals surface area (Å²) in [6.45, 7) is 0.310. The van der Waals surface area contributed by atoms with E-state index in [4.69, 9.17) is 10.8 Å². The molecule has 0 heterocycles. The molecule has 4 N–H and O–H groups in total. The molecule has 0 unspecified atom stereocenters. The van der Waals surface area contributed by atoms with Crippen molar-refractivity contribution in [1.82, 2.24) is 5.32 Å². The molecule has 21 heavy (non-hydrogen) atoms. The Kier molecular flexibility index (Phi) is 4.72. The first-order valence-corrected chi connectivity index (χ1v) is 6.80. The molecule has 1 aliphatic rings. The molecule has 1 aliphatic carbocycles. The Bertz CT molecular complexity index is 544. The maximum absolute atomic E-state index is 13.6. The molecule has 0 atom stereocenters. The summed E-state index contributed by atoms with van der Waals surface area (Å²) >= 11 is 0. The van der Waals surface area contributed by atoms with E-state index in [1.165, 1.54) is 0 Å². The van der Waals surface area contributed by atoms with Crippen LogP contribution in [0.5, 0.6) is 5.75 Å². The Hall–Kier alpha value is -1.76. The number of nitrogens with one attached hydrogen (secondary N) is 1. The first-order valence-electron chi connectivity index (χ1n) is 6.80. The second-order valence-corrected chi connectivity index (χ2v) is 5.37. The van der Waals surface area contributed by atoms with Crippen LogP contribution in [0.1, 0.15) is 36.0 Å². The molecule has 1 amide bonds. The van der Waals surface area contributed by atoms with Gasteiger partial charge >= 0.3 is 0 Å². The van der Waals surface area contributed by atoms with Crippen molar-refractivity contribution in [2.75, 3.05) is 6.54 Å². The average molecular weight is 302 g/mol. The van der Waals surface area contributed by atoms with E-state index in [-0.39, 0.29) is 12.0 Å². The molecule has 116 valence electrons.